The summed E-state index contributed by atoms with van der Waals surface area (Å²) in [6, 6.07) is 0. The van der Waals surface area contributed by atoms with Crippen LogP contribution in [0.1, 0.15) is 54.9 Å². The van der Waals surface area contributed by atoms with Crippen LogP contribution in [0.3, 0.4) is 0 Å². The fourth-order valence-electron chi connectivity index (χ4n) is 3.08. The highest BCUT2D eigenvalue weighted by atomic mass is 16.7. The van der Waals surface area contributed by atoms with Gasteiger partial charge in [0.25, 0.3) is 0 Å². The van der Waals surface area contributed by atoms with Crippen molar-refractivity contribution in [2.75, 3.05) is 13.2 Å². The zero-order valence-electron chi connectivity index (χ0n) is 18.2. The van der Waals surface area contributed by atoms with Crippen LogP contribution in [0.25, 0.3) is 0 Å². The van der Waals surface area contributed by atoms with Crippen molar-refractivity contribution >= 4 is 23.7 Å². The molecule has 0 N–H and O–H groups in total. The molecule has 0 aromatic rings. The average molecular weight is 416 g/mol. The molecule has 5 atom stereocenters. The lowest BCUT2D eigenvalue weighted by atomic mass is 9.90. The third kappa shape index (κ3) is 8.91. The molecule has 1 aliphatic rings. The molecule has 0 saturated carbocycles. The van der Waals surface area contributed by atoms with Crippen molar-refractivity contribution in [1.29, 1.82) is 0 Å². The van der Waals surface area contributed by atoms with Gasteiger partial charge in [-0.1, -0.05) is 27.7 Å². The van der Waals surface area contributed by atoms with Gasteiger partial charge in [-0.3, -0.25) is 19.2 Å². The molecule has 9 nitrogen and oxygen atoms in total. The van der Waals surface area contributed by atoms with Crippen LogP contribution in [-0.4, -0.2) is 61.5 Å². The lowest BCUT2D eigenvalue weighted by Gasteiger charge is -2.43. The van der Waals surface area contributed by atoms with E-state index < -0.39 is 48.4 Å². The molecule has 9 heteroatoms. The van der Waals surface area contributed by atoms with Gasteiger partial charge in [-0.15, -0.1) is 0 Å². The summed E-state index contributed by atoms with van der Waals surface area (Å²) < 4.78 is 27.2. The van der Waals surface area contributed by atoms with Crippen molar-refractivity contribution in [3.63, 3.8) is 0 Å². The Bertz CT molecular complexity index is 608. The number of carbonyl (C=O) groups excluding carboxylic acids is 4. The molecule has 1 aliphatic heterocycles. The molecule has 0 spiro atoms. The highest BCUT2D eigenvalue weighted by Crippen LogP contribution is 2.32. The summed E-state index contributed by atoms with van der Waals surface area (Å²) in [5.41, 5.74) is -0.182. The second kappa shape index (κ2) is 10.7. The minimum atomic E-state index is -0.990. The molecule has 5 unspecified atom stereocenters. The third-order valence-electron chi connectivity index (χ3n) is 4.14. The van der Waals surface area contributed by atoms with Gasteiger partial charge < -0.3 is 23.7 Å². The molecule has 0 aliphatic carbocycles. The molecule has 0 bridgehead atoms. The number of esters is 3. The van der Waals surface area contributed by atoms with Crippen LogP contribution < -0.4 is 0 Å². The summed E-state index contributed by atoms with van der Waals surface area (Å²) in [6.07, 6.45) is -3.40. The number of ether oxygens (including phenoxy) is 5. The van der Waals surface area contributed by atoms with Gasteiger partial charge in [-0.25, -0.2) is 0 Å². The quantitative estimate of drug-likeness (QED) is 0.431. The van der Waals surface area contributed by atoms with E-state index in [4.69, 9.17) is 23.7 Å². The van der Waals surface area contributed by atoms with E-state index in [9.17, 15) is 19.2 Å². The standard InChI is InChI=1S/C20H32O9/c1-11-17(27-13(3)22)18(28-14(4)23)16(10-25-12(2)21)29-19(11)26-9-15(24)8-20(5,6)7/h11,16-19H,8-10H2,1-7H3. The Morgan fingerprint density at radius 3 is 1.93 bits per heavy atom. The van der Waals surface area contributed by atoms with Crippen molar-refractivity contribution in [1.82, 2.24) is 0 Å². The molecular formula is C20H32O9. The van der Waals surface area contributed by atoms with Crippen molar-refractivity contribution < 1.29 is 42.9 Å². The highest BCUT2D eigenvalue weighted by molar-refractivity contribution is 5.80. The van der Waals surface area contributed by atoms with Crippen LogP contribution >= 0.6 is 0 Å². The maximum absolute atomic E-state index is 12.2. The average Bonchev–Trinajstić information content (AvgIpc) is 2.54. The second-order valence-corrected chi connectivity index (χ2v) is 8.44. The molecule has 166 valence electrons. The molecule has 1 saturated heterocycles. The number of hydrogen-bond acceptors (Lipinski definition) is 9. The van der Waals surface area contributed by atoms with E-state index in [2.05, 4.69) is 0 Å². The molecule has 0 amide bonds. The van der Waals surface area contributed by atoms with Crippen molar-refractivity contribution in [3.8, 4) is 0 Å². The van der Waals surface area contributed by atoms with Crippen LogP contribution in [0, 0.1) is 11.3 Å². The van der Waals surface area contributed by atoms with Gasteiger partial charge >= 0.3 is 17.9 Å². The van der Waals surface area contributed by atoms with Gasteiger partial charge in [-0.2, -0.15) is 0 Å². The van der Waals surface area contributed by atoms with Crippen molar-refractivity contribution in [3.05, 3.63) is 0 Å². The summed E-state index contributed by atoms with van der Waals surface area (Å²) in [4.78, 5) is 46.6. The van der Waals surface area contributed by atoms with E-state index in [-0.39, 0.29) is 24.4 Å². The Morgan fingerprint density at radius 2 is 1.45 bits per heavy atom. The summed E-state index contributed by atoms with van der Waals surface area (Å²) in [6.45, 7) is 10.8. The Labute approximate surface area is 171 Å². The fourth-order valence-corrected chi connectivity index (χ4v) is 3.08. The number of hydrogen-bond donors (Lipinski definition) is 0. The number of ketones is 1. The van der Waals surface area contributed by atoms with Gasteiger partial charge in [0.05, 0.1) is 0 Å². The van der Waals surface area contributed by atoms with Crippen molar-refractivity contribution in [2.45, 2.75) is 79.5 Å². The lowest BCUT2D eigenvalue weighted by Crippen LogP contribution is -2.58. The largest absolute Gasteiger partial charge is 0.463 e. The monoisotopic (exact) mass is 416 g/mol. The van der Waals surface area contributed by atoms with Crippen LogP contribution in [-0.2, 0) is 42.9 Å². The van der Waals surface area contributed by atoms with Gasteiger partial charge in [-0.05, 0) is 5.41 Å². The first-order chi connectivity index (χ1) is 13.3. The summed E-state index contributed by atoms with van der Waals surface area (Å²) in [5, 5.41) is 0. The van der Waals surface area contributed by atoms with E-state index in [0.29, 0.717) is 6.42 Å². The molecule has 0 aromatic heterocycles. The number of Topliss-reactive ketones (excluding diaryl/α,β-unsaturated/α-hetero) is 1. The van der Waals surface area contributed by atoms with Crippen LogP contribution in [0.15, 0.2) is 0 Å². The molecular weight excluding hydrogens is 384 g/mol. The van der Waals surface area contributed by atoms with Crippen LogP contribution in [0.5, 0.6) is 0 Å². The van der Waals surface area contributed by atoms with Crippen LogP contribution in [0.4, 0.5) is 0 Å². The maximum Gasteiger partial charge on any atom is 0.303 e. The molecule has 0 aromatic carbocycles. The molecule has 1 fully saturated rings. The Morgan fingerprint density at radius 1 is 0.897 bits per heavy atom. The smallest absolute Gasteiger partial charge is 0.303 e. The first-order valence-corrected chi connectivity index (χ1v) is 9.56. The van der Waals surface area contributed by atoms with Gasteiger partial charge in [0.1, 0.15) is 25.4 Å². The predicted octanol–water partition coefficient (Wildman–Crippen LogP) is 1.80. The first kappa shape index (κ1) is 25.0. The zero-order valence-corrected chi connectivity index (χ0v) is 18.2. The van der Waals surface area contributed by atoms with E-state index in [1.165, 1.54) is 20.8 Å². The minimum Gasteiger partial charge on any atom is -0.463 e. The fraction of sp³-hybridized carbons (Fsp3) is 0.800. The summed E-state index contributed by atoms with van der Waals surface area (Å²) in [7, 11) is 0. The summed E-state index contributed by atoms with van der Waals surface area (Å²) >= 11 is 0. The SMILES string of the molecule is CC(=O)OCC1OC(OCC(=O)CC(C)(C)C)C(C)C(OC(C)=O)C1OC(C)=O. The van der Waals surface area contributed by atoms with Crippen molar-refractivity contribution in [2.24, 2.45) is 11.3 Å². The van der Waals surface area contributed by atoms with E-state index in [1.54, 1.807) is 6.92 Å². The molecule has 1 heterocycles. The predicted molar refractivity (Wildman–Crippen MR) is 101 cm³/mol. The third-order valence-corrected chi connectivity index (χ3v) is 4.14. The van der Waals surface area contributed by atoms with E-state index in [1.807, 2.05) is 20.8 Å². The lowest BCUT2D eigenvalue weighted by molar-refractivity contribution is -0.287. The Balaban J connectivity index is 2.99. The summed E-state index contributed by atoms with van der Waals surface area (Å²) in [5.74, 6) is -2.36. The topological polar surface area (TPSA) is 114 Å². The molecule has 29 heavy (non-hydrogen) atoms. The minimum absolute atomic E-state index is 0.101. The first-order valence-electron chi connectivity index (χ1n) is 9.56. The number of rotatable bonds is 8. The highest BCUT2D eigenvalue weighted by Gasteiger charge is 2.49. The molecule has 0 radical (unpaired) electrons. The normalized spacial score (nSPS) is 27.1. The van der Waals surface area contributed by atoms with Gasteiger partial charge in [0.15, 0.2) is 18.2 Å². The van der Waals surface area contributed by atoms with E-state index >= 15 is 0 Å². The molecule has 1 rings (SSSR count). The Hall–Kier alpha value is -2.00. The van der Waals surface area contributed by atoms with Gasteiger partial charge in [0, 0.05) is 33.1 Å². The zero-order chi connectivity index (χ0) is 22.4. The maximum atomic E-state index is 12.2. The Kier molecular flexibility index (Phi) is 9.22. The van der Waals surface area contributed by atoms with Gasteiger partial charge in [0.2, 0.25) is 0 Å². The second-order valence-electron chi connectivity index (χ2n) is 8.44. The van der Waals surface area contributed by atoms with E-state index in [0.717, 1.165) is 0 Å². The van der Waals surface area contributed by atoms with Crippen LogP contribution in [0.2, 0.25) is 0 Å². The number of carbonyl (C=O) groups is 4.